The predicted octanol–water partition coefficient (Wildman–Crippen LogP) is 2.71. The Bertz CT molecular complexity index is 1010. The second kappa shape index (κ2) is 9.32. The molecule has 0 unspecified atom stereocenters. The largest absolute Gasteiger partial charge is 0.573 e. The Morgan fingerprint density at radius 1 is 1.09 bits per heavy atom. The number of thiophene rings is 1. The van der Waals surface area contributed by atoms with E-state index in [1.165, 1.54) is 29.5 Å². The fourth-order valence-electron chi connectivity index (χ4n) is 3.71. The van der Waals surface area contributed by atoms with Crippen molar-refractivity contribution in [3.63, 3.8) is 0 Å². The molecule has 1 aliphatic carbocycles. The molecule has 2 amide bonds. The lowest BCUT2D eigenvalue weighted by molar-refractivity contribution is -0.274. The van der Waals surface area contributed by atoms with Crippen molar-refractivity contribution >= 4 is 23.2 Å². The summed E-state index contributed by atoms with van der Waals surface area (Å²) >= 11 is 1.34. The SMILES string of the molecule is NC1(C(=O)N2CCN(Cc3ccc(C(=O)NCc4ccccc4OC(F)(F)F)s3)CC2)CC1. The van der Waals surface area contributed by atoms with E-state index < -0.39 is 11.9 Å². The minimum atomic E-state index is -4.80. The number of nitrogens with zero attached hydrogens (tertiary/aromatic N) is 2. The first-order valence-electron chi connectivity index (χ1n) is 10.6. The van der Waals surface area contributed by atoms with Gasteiger partial charge in [0.2, 0.25) is 5.91 Å². The average molecular weight is 483 g/mol. The molecular weight excluding hydrogens is 457 g/mol. The van der Waals surface area contributed by atoms with Gasteiger partial charge >= 0.3 is 6.36 Å². The van der Waals surface area contributed by atoms with Gasteiger partial charge in [-0.15, -0.1) is 24.5 Å². The molecule has 2 aromatic rings. The number of nitrogens with one attached hydrogen (secondary N) is 1. The van der Waals surface area contributed by atoms with Crippen molar-refractivity contribution in [2.24, 2.45) is 5.73 Å². The summed E-state index contributed by atoms with van der Waals surface area (Å²) in [5, 5.41) is 2.65. The Morgan fingerprint density at radius 2 is 1.79 bits per heavy atom. The van der Waals surface area contributed by atoms with Gasteiger partial charge < -0.3 is 20.7 Å². The zero-order valence-corrected chi connectivity index (χ0v) is 18.7. The molecule has 0 bridgehead atoms. The zero-order valence-electron chi connectivity index (χ0n) is 17.9. The Labute approximate surface area is 193 Å². The normalized spacial score (nSPS) is 18.1. The topological polar surface area (TPSA) is 87.9 Å². The maximum absolute atomic E-state index is 12.6. The average Bonchev–Trinajstić information content (AvgIpc) is 3.35. The van der Waals surface area contributed by atoms with Gasteiger partial charge in [0.15, 0.2) is 0 Å². The van der Waals surface area contributed by atoms with Crippen LogP contribution in [0.5, 0.6) is 5.75 Å². The Morgan fingerprint density at radius 3 is 2.45 bits per heavy atom. The summed E-state index contributed by atoms with van der Waals surface area (Å²) in [6.07, 6.45) is -3.29. The van der Waals surface area contributed by atoms with Gasteiger partial charge in [0.05, 0.1) is 10.4 Å². The third kappa shape index (κ3) is 6.04. The summed E-state index contributed by atoms with van der Waals surface area (Å²) in [4.78, 5) is 30.4. The predicted molar refractivity (Wildman–Crippen MR) is 117 cm³/mol. The minimum Gasteiger partial charge on any atom is -0.405 e. The first kappa shape index (κ1) is 23.5. The first-order valence-corrected chi connectivity index (χ1v) is 11.5. The lowest BCUT2D eigenvalue weighted by atomic mass is 10.2. The summed E-state index contributed by atoms with van der Waals surface area (Å²) in [7, 11) is 0. The molecule has 7 nitrogen and oxygen atoms in total. The van der Waals surface area contributed by atoms with Crippen LogP contribution in [0.25, 0.3) is 0 Å². The van der Waals surface area contributed by atoms with E-state index in [4.69, 9.17) is 5.73 Å². The van der Waals surface area contributed by atoms with Crippen molar-refractivity contribution < 1.29 is 27.5 Å². The van der Waals surface area contributed by atoms with Crippen molar-refractivity contribution in [2.75, 3.05) is 26.2 Å². The van der Waals surface area contributed by atoms with Crippen LogP contribution in [-0.2, 0) is 17.9 Å². The second-order valence-electron chi connectivity index (χ2n) is 8.33. The van der Waals surface area contributed by atoms with Crippen LogP contribution in [0.15, 0.2) is 36.4 Å². The summed E-state index contributed by atoms with van der Waals surface area (Å²) in [5.74, 6) is -0.655. The molecule has 1 saturated heterocycles. The number of benzene rings is 1. The van der Waals surface area contributed by atoms with Crippen molar-refractivity contribution in [2.45, 2.75) is 37.8 Å². The molecule has 178 valence electrons. The lowest BCUT2D eigenvalue weighted by Crippen LogP contribution is -2.53. The monoisotopic (exact) mass is 482 g/mol. The third-order valence-corrected chi connectivity index (χ3v) is 6.85. The van der Waals surface area contributed by atoms with Crippen molar-refractivity contribution in [1.82, 2.24) is 15.1 Å². The maximum Gasteiger partial charge on any atom is 0.573 e. The number of carbonyl (C=O) groups is 2. The molecule has 2 fully saturated rings. The molecule has 3 N–H and O–H groups in total. The van der Waals surface area contributed by atoms with E-state index in [9.17, 15) is 22.8 Å². The van der Waals surface area contributed by atoms with Gasteiger partial charge in [0.25, 0.3) is 5.91 Å². The molecule has 33 heavy (non-hydrogen) atoms. The molecular formula is C22H25F3N4O3S. The molecule has 0 radical (unpaired) electrons. The minimum absolute atomic E-state index is 0.0411. The summed E-state index contributed by atoms with van der Waals surface area (Å²) in [6, 6.07) is 9.28. The second-order valence-corrected chi connectivity index (χ2v) is 9.50. The Balaban J connectivity index is 1.27. The quantitative estimate of drug-likeness (QED) is 0.634. The van der Waals surface area contributed by atoms with Gasteiger partial charge in [-0.3, -0.25) is 14.5 Å². The van der Waals surface area contributed by atoms with Gasteiger partial charge in [-0.25, -0.2) is 0 Å². The summed E-state index contributed by atoms with van der Waals surface area (Å²) in [5.41, 5.74) is 5.60. The zero-order chi connectivity index (χ0) is 23.6. The number of halogens is 3. The molecule has 0 spiro atoms. The van der Waals surface area contributed by atoms with E-state index in [2.05, 4.69) is 15.0 Å². The van der Waals surface area contributed by atoms with Crippen LogP contribution < -0.4 is 15.8 Å². The van der Waals surface area contributed by atoms with E-state index in [1.54, 1.807) is 12.1 Å². The number of rotatable bonds is 7. The van der Waals surface area contributed by atoms with Crippen molar-refractivity contribution in [3.05, 3.63) is 51.7 Å². The van der Waals surface area contributed by atoms with Crippen LogP contribution in [-0.4, -0.2) is 59.7 Å². The number of alkyl halides is 3. The van der Waals surface area contributed by atoms with Gasteiger partial charge in [-0.2, -0.15) is 0 Å². The molecule has 1 aromatic carbocycles. The molecule has 2 aliphatic rings. The van der Waals surface area contributed by atoms with Crippen molar-refractivity contribution in [1.29, 1.82) is 0 Å². The highest BCUT2D eigenvalue weighted by Crippen LogP contribution is 2.34. The van der Waals surface area contributed by atoms with Crippen LogP contribution in [0.4, 0.5) is 13.2 Å². The Kier molecular flexibility index (Phi) is 6.64. The fraction of sp³-hybridized carbons (Fsp3) is 0.455. The van der Waals surface area contributed by atoms with Gasteiger partial charge in [-0.05, 0) is 31.0 Å². The summed E-state index contributed by atoms with van der Waals surface area (Å²) < 4.78 is 41.7. The maximum atomic E-state index is 12.6. The van der Waals surface area contributed by atoms with Crippen LogP contribution in [0.3, 0.4) is 0 Å². The van der Waals surface area contributed by atoms with Gasteiger partial charge in [0, 0.05) is 49.7 Å². The van der Waals surface area contributed by atoms with E-state index in [-0.39, 0.29) is 29.7 Å². The number of para-hydroxylation sites is 1. The number of piperazine rings is 1. The summed E-state index contributed by atoms with van der Waals surface area (Å²) in [6.45, 7) is 3.31. The Hall–Kier alpha value is -2.63. The molecule has 1 aromatic heterocycles. The van der Waals surface area contributed by atoms with Crippen LogP contribution in [0.1, 0.15) is 33.0 Å². The number of hydrogen-bond acceptors (Lipinski definition) is 6. The van der Waals surface area contributed by atoms with Gasteiger partial charge in [-0.1, -0.05) is 18.2 Å². The highest BCUT2D eigenvalue weighted by molar-refractivity contribution is 7.14. The van der Waals surface area contributed by atoms with Gasteiger partial charge in [0.1, 0.15) is 5.75 Å². The fourth-order valence-corrected chi connectivity index (χ4v) is 4.68. The third-order valence-electron chi connectivity index (χ3n) is 5.78. The number of amides is 2. The van der Waals surface area contributed by atoms with E-state index >= 15 is 0 Å². The van der Waals surface area contributed by atoms with Crippen LogP contribution >= 0.6 is 11.3 Å². The molecule has 4 rings (SSSR count). The van der Waals surface area contributed by atoms with Crippen LogP contribution in [0, 0.1) is 0 Å². The standard InChI is InChI=1S/C22H25F3N4O3S/c23-22(24,25)32-17-4-2-1-3-15(17)13-27-19(30)18-6-5-16(33-18)14-28-9-11-29(12-10-28)20(31)21(26)7-8-21/h1-6H,7-14,26H2,(H,27,30). The van der Waals surface area contributed by atoms with Crippen molar-refractivity contribution in [3.8, 4) is 5.75 Å². The van der Waals surface area contributed by atoms with E-state index in [0.717, 1.165) is 30.8 Å². The number of nitrogens with two attached hydrogens (primary N) is 1. The highest BCUT2D eigenvalue weighted by Gasteiger charge is 2.48. The molecule has 11 heteroatoms. The number of hydrogen-bond donors (Lipinski definition) is 2. The highest BCUT2D eigenvalue weighted by atomic mass is 32.1. The smallest absolute Gasteiger partial charge is 0.405 e. The van der Waals surface area contributed by atoms with Crippen LogP contribution in [0.2, 0.25) is 0 Å². The first-order chi connectivity index (χ1) is 15.6. The number of carbonyl (C=O) groups excluding carboxylic acids is 2. The van der Waals surface area contributed by atoms with E-state index in [0.29, 0.717) is 24.5 Å². The number of ether oxygens (including phenoxy) is 1. The molecule has 1 saturated carbocycles. The molecule has 1 aliphatic heterocycles. The van der Waals surface area contributed by atoms with E-state index in [1.807, 2.05) is 11.0 Å². The molecule has 2 heterocycles. The molecule has 0 atom stereocenters. The lowest BCUT2D eigenvalue weighted by Gasteiger charge is -2.35.